The Morgan fingerprint density at radius 1 is 1.62 bits per heavy atom. The lowest BCUT2D eigenvalue weighted by molar-refractivity contribution is 0.146. The van der Waals surface area contributed by atoms with E-state index in [-0.39, 0.29) is 17.4 Å². The van der Waals surface area contributed by atoms with Crippen LogP contribution in [0.25, 0.3) is 0 Å². The molecule has 1 rings (SSSR count). The fourth-order valence-corrected chi connectivity index (χ4v) is 1.80. The summed E-state index contributed by atoms with van der Waals surface area (Å²) >= 11 is 8.71. The number of nitrogens with two attached hydrogens (primary N) is 1. The Hall–Kier alpha value is -0.260. The Bertz CT molecular complexity index is 296. The first-order valence-electron chi connectivity index (χ1n) is 3.39. The van der Waals surface area contributed by atoms with Gasteiger partial charge in [-0.15, -0.1) is 0 Å². The molecular weight excluding hydrogens is 265 g/mol. The normalized spacial score (nSPS) is 10.9. The maximum Gasteiger partial charge on any atom is 0.280 e. The summed E-state index contributed by atoms with van der Waals surface area (Å²) in [4.78, 5) is 3.51. The highest BCUT2D eigenvalue weighted by Gasteiger charge is 2.14. The quantitative estimate of drug-likeness (QED) is 0.840. The van der Waals surface area contributed by atoms with E-state index in [9.17, 15) is 8.78 Å². The first-order chi connectivity index (χ1) is 6.06. The molecular formula is C7H6BrClF2N2. The molecule has 0 aliphatic rings. The third-order valence-corrected chi connectivity index (χ3v) is 2.49. The molecule has 72 valence electrons. The molecule has 0 saturated carbocycles. The van der Waals surface area contributed by atoms with Crippen molar-refractivity contribution in [1.82, 2.24) is 4.98 Å². The SMILES string of the molecule is NCc1c(Br)cc(C(F)F)nc1Cl. The molecule has 13 heavy (non-hydrogen) atoms. The molecule has 0 aliphatic heterocycles. The summed E-state index contributed by atoms with van der Waals surface area (Å²) in [5, 5.41) is 0.0205. The maximum absolute atomic E-state index is 12.2. The van der Waals surface area contributed by atoms with Crippen LogP contribution in [0.5, 0.6) is 0 Å². The monoisotopic (exact) mass is 270 g/mol. The van der Waals surface area contributed by atoms with Crippen LogP contribution in [0.2, 0.25) is 5.15 Å². The van der Waals surface area contributed by atoms with Crippen LogP contribution in [-0.4, -0.2) is 4.98 Å². The van der Waals surface area contributed by atoms with E-state index in [1.54, 1.807) is 0 Å². The van der Waals surface area contributed by atoms with Crippen LogP contribution in [0.4, 0.5) is 8.78 Å². The zero-order valence-corrected chi connectivity index (χ0v) is 8.74. The number of alkyl halides is 2. The molecule has 0 amide bonds. The molecule has 2 nitrogen and oxygen atoms in total. The van der Waals surface area contributed by atoms with Crippen molar-refractivity contribution < 1.29 is 8.78 Å². The lowest BCUT2D eigenvalue weighted by Gasteiger charge is -2.06. The van der Waals surface area contributed by atoms with Gasteiger partial charge in [0.15, 0.2) is 0 Å². The molecule has 1 aromatic heterocycles. The number of pyridine rings is 1. The Morgan fingerprint density at radius 2 is 2.23 bits per heavy atom. The van der Waals surface area contributed by atoms with Gasteiger partial charge in [-0.1, -0.05) is 27.5 Å². The van der Waals surface area contributed by atoms with Crippen molar-refractivity contribution in [2.75, 3.05) is 0 Å². The minimum atomic E-state index is -2.62. The summed E-state index contributed by atoms with van der Waals surface area (Å²) in [6, 6.07) is 1.22. The summed E-state index contributed by atoms with van der Waals surface area (Å²) in [6.07, 6.45) is -2.62. The van der Waals surface area contributed by atoms with Gasteiger partial charge in [0.25, 0.3) is 6.43 Å². The Balaban J connectivity index is 3.20. The van der Waals surface area contributed by atoms with E-state index in [0.717, 1.165) is 0 Å². The van der Waals surface area contributed by atoms with Crippen molar-refractivity contribution in [1.29, 1.82) is 0 Å². The van der Waals surface area contributed by atoms with Crippen molar-refractivity contribution >= 4 is 27.5 Å². The second-order valence-corrected chi connectivity index (χ2v) is 3.52. The first kappa shape index (κ1) is 10.8. The highest BCUT2D eigenvalue weighted by molar-refractivity contribution is 9.10. The number of hydrogen-bond acceptors (Lipinski definition) is 2. The molecule has 0 spiro atoms. The molecule has 6 heteroatoms. The molecule has 1 heterocycles. The second kappa shape index (κ2) is 4.30. The third kappa shape index (κ3) is 2.36. The third-order valence-electron chi connectivity index (χ3n) is 1.47. The van der Waals surface area contributed by atoms with Crippen LogP contribution in [0.1, 0.15) is 17.7 Å². The fraction of sp³-hybridized carbons (Fsp3) is 0.286. The molecule has 0 fully saturated rings. The van der Waals surface area contributed by atoms with Crippen molar-refractivity contribution in [3.63, 3.8) is 0 Å². The average molecular weight is 271 g/mol. The van der Waals surface area contributed by atoms with Crippen LogP contribution in [-0.2, 0) is 6.54 Å². The number of rotatable bonds is 2. The van der Waals surface area contributed by atoms with Gasteiger partial charge in [0.05, 0.1) is 0 Å². The summed E-state index contributed by atoms with van der Waals surface area (Å²) in [6.45, 7) is 0.163. The second-order valence-electron chi connectivity index (χ2n) is 2.30. The van der Waals surface area contributed by atoms with E-state index < -0.39 is 6.43 Å². The van der Waals surface area contributed by atoms with Crippen molar-refractivity contribution in [3.05, 3.63) is 26.9 Å². The van der Waals surface area contributed by atoms with Crippen molar-refractivity contribution in [2.45, 2.75) is 13.0 Å². The highest BCUT2D eigenvalue weighted by atomic mass is 79.9. The van der Waals surface area contributed by atoms with Gasteiger partial charge in [0.2, 0.25) is 0 Å². The molecule has 2 N–H and O–H groups in total. The van der Waals surface area contributed by atoms with Gasteiger partial charge in [-0.3, -0.25) is 0 Å². The molecule has 0 radical (unpaired) electrons. The zero-order chi connectivity index (χ0) is 10.0. The van der Waals surface area contributed by atoms with Gasteiger partial charge in [-0.2, -0.15) is 0 Å². The fourth-order valence-electron chi connectivity index (χ4n) is 0.822. The predicted octanol–water partition coefficient (Wildman–Crippen LogP) is 2.89. The van der Waals surface area contributed by atoms with Crippen molar-refractivity contribution in [2.24, 2.45) is 5.73 Å². The van der Waals surface area contributed by atoms with E-state index in [1.165, 1.54) is 6.07 Å². The molecule has 0 bridgehead atoms. The van der Waals surface area contributed by atoms with Crippen LogP contribution in [0, 0.1) is 0 Å². The van der Waals surface area contributed by atoms with E-state index >= 15 is 0 Å². The molecule has 0 atom stereocenters. The Morgan fingerprint density at radius 3 is 2.62 bits per heavy atom. The standard InChI is InChI=1S/C7H6BrClF2N2/c8-4-1-5(7(10)11)13-6(9)3(4)2-12/h1,7H,2,12H2. The van der Waals surface area contributed by atoms with Gasteiger partial charge >= 0.3 is 0 Å². The molecule has 0 aliphatic carbocycles. The topological polar surface area (TPSA) is 38.9 Å². The van der Waals surface area contributed by atoms with Gasteiger partial charge in [-0.25, -0.2) is 13.8 Å². The summed E-state index contributed by atoms with van der Waals surface area (Å²) in [7, 11) is 0. The van der Waals surface area contributed by atoms with Gasteiger partial charge in [-0.05, 0) is 6.07 Å². The molecule has 0 aromatic carbocycles. The zero-order valence-electron chi connectivity index (χ0n) is 6.40. The lowest BCUT2D eigenvalue weighted by atomic mass is 10.2. The van der Waals surface area contributed by atoms with Crippen LogP contribution >= 0.6 is 27.5 Å². The summed E-state index contributed by atoms with van der Waals surface area (Å²) in [5.74, 6) is 0. The van der Waals surface area contributed by atoms with Crippen LogP contribution in [0.3, 0.4) is 0 Å². The first-order valence-corrected chi connectivity index (χ1v) is 4.56. The van der Waals surface area contributed by atoms with Gasteiger partial charge < -0.3 is 5.73 Å². The summed E-state index contributed by atoms with van der Waals surface area (Å²) in [5.41, 5.74) is 5.52. The molecule has 1 aromatic rings. The highest BCUT2D eigenvalue weighted by Crippen LogP contribution is 2.27. The lowest BCUT2D eigenvalue weighted by Crippen LogP contribution is -2.02. The predicted molar refractivity (Wildman–Crippen MR) is 49.8 cm³/mol. The van der Waals surface area contributed by atoms with Gasteiger partial charge in [0, 0.05) is 16.6 Å². The van der Waals surface area contributed by atoms with E-state index in [0.29, 0.717) is 10.0 Å². The molecule has 0 saturated heterocycles. The van der Waals surface area contributed by atoms with Crippen molar-refractivity contribution in [3.8, 4) is 0 Å². The molecule has 0 unspecified atom stereocenters. The van der Waals surface area contributed by atoms with E-state index in [1.807, 2.05) is 0 Å². The minimum absolute atomic E-state index is 0.0205. The van der Waals surface area contributed by atoms with Gasteiger partial charge in [0.1, 0.15) is 10.8 Å². The Kier molecular flexibility index (Phi) is 3.58. The van der Waals surface area contributed by atoms with E-state index in [4.69, 9.17) is 17.3 Å². The average Bonchev–Trinajstić information content (AvgIpc) is 2.03. The summed E-state index contributed by atoms with van der Waals surface area (Å²) < 4.78 is 24.8. The smallest absolute Gasteiger partial charge is 0.280 e. The largest absolute Gasteiger partial charge is 0.326 e. The number of nitrogens with zero attached hydrogens (tertiary/aromatic N) is 1. The van der Waals surface area contributed by atoms with Crippen LogP contribution in [0.15, 0.2) is 10.5 Å². The number of aromatic nitrogens is 1. The maximum atomic E-state index is 12.2. The van der Waals surface area contributed by atoms with Crippen LogP contribution < -0.4 is 5.73 Å². The van der Waals surface area contributed by atoms with E-state index in [2.05, 4.69) is 20.9 Å². The number of halogens is 4. The Labute approximate surface area is 87.2 Å². The number of hydrogen-bond donors (Lipinski definition) is 1. The minimum Gasteiger partial charge on any atom is -0.326 e.